The summed E-state index contributed by atoms with van der Waals surface area (Å²) in [7, 11) is 1.78. The van der Waals surface area contributed by atoms with Gasteiger partial charge in [-0.05, 0) is 31.4 Å². The summed E-state index contributed by atoms with van der Waals surface area (Å²) < 4.78 is 0. The summed E-state index contributed by atoms with van der Waals surface area (Å²) in [6, 6.07) is 3.42. The Morgan fingerprint density at radius 3 is 2.61 bits per heavy atom. The van der Waals surface area contributed by atoms with Crippen LogP contribution in [0.4, 0.5) is 0 Å². The maximum atomic E-state index is 12.1. The lowest BCUT2D eigenvalue weighted by molar-refractivity contribution is 0.0296. The van der Waals surface area contributed by atoms with Crippen molar-refractivity contribution in [2.45, 2.75) is 37.7 Å². The van der Waals surface area contributed by atoms with Gasteiger partial charge in [0, 0.05) is 31.5 Å². The first kappa shape index (κ1) is 13.0. The molecule has 1 heterocycles. The van der Waals surface area contributed by atoms with Gasteiger partial charge in [0.25, 0.3) is 5.91 Å². The number of rotatable bonds is 4. The quantitative estimate of drug-likeness (QED) is 0.884. The molecule has 0 spiro atoms. The average Bonchev–Trinajstić information content (AvgIpc) is 2.83. The van der Waals surface area contributed by atoms with Gasteiger partial charge in [-0.3, -0.25) is 9.78 Å². The Balaban J connectivity index is 1.88. The minimum absolute atomic E-state index is 0.0148. The van der Waals surface area contributed by atoms with Crippen LogP contribution in [-0.2, 0) is 0 Å². The molecule has 98 valence electrons. The van der Waals surface area contributed by atoms with Gasteiger partial charge in [0.1, 0.15) is 0 Å². The van der Waals surface area contributed by atoms with E-state index in [-0.39, 0.29) is 5.91 Å². The first-order valence-corrected chi connectivity index (χ1v) is 6.49. The standard InChI is InChI=1S/C14H20N2O2/c1-16(11-8-14(18)6-2-3-7-14)13(17)12-4-9-15-10-5-12/h4-5,9-10,18H,2-3,6-8,11H2,1H3. The number of aromatic nitrogens is 1. The lowest BCUT2D eigenvalue weighted by Crippen LogP contribution is -2.34. The molecule has 1 N–H and O–H groups in total. The van der Waals surface area contributed by atoms with Gasteiger partial charge in [0.15, 0.2) is 0 Å². The average molecular weight is 248 g/mol. The first-order valence-electron chi connectivity index (χ1n) is 6.49. The molecule has 0 atom stereocenters. The van der Waals surface area contributed by atoms with Gasteiger partial charge in [-0.15, -0.1) is 0 Å². The summed E-state index contributed by atoms with van der Waals surface area (Å²) in [5, 5.41) is 10.2. The van der Waals surface area contributed by atoms with Crippen LogP contribution in [-0.4, -0.2) is 40.1 Å². The molecule has 1 amide bonds. The van der Waals surface area contributed by atoms with Crippen molar-refractivity contribution in [2.24, 2.45) is 0 Å². The second-order valence-electron chi connectivity index (χ2n) is 5.14. The molecule has 1 fully saturated rings. The minimum atomic E-state index is -0.549. The number of nitrogens with zero attached hydrogens (tertiary/aromatic N) is 2. The van der Waals surface area contributed by atoms with Gasteiger partial charge in [-0.1, -0.05) is 12.8 Å². The molecular weight excluding hydrogens is 228 g/mol. The van der Waals surface area contributed by atoms with Gasteiger partial charge in [0.2, 0.25) is 0 Å². The molecule has 0 aromatic carbocycles. The van der Waals surface area contributed by atoms with Gasteiger partial charge >= 0.3 is 0 Å². The number of hydrogen-bond acceptors (Lipinski definition) is 3. The van der Waals surface area contributed by atoms with E-state index in [1.54, 1.807) is 36.5 Å². The number of hydrogen-bond donors (Lipinski definition) is 1. The molecule has 0 aliphatic heterocycles. The summed E-state index contributed by atoms with van der Waals surface area (Å²) >= 11 is 0. The number of carbonyl (C=O) groups excluding carboxylic acids is 1. The molecule has 0 unspecified atom stereocenters. The number of carbonyl (C=O) groups is 1. The molecule has 18 heavy (non-hydrogen) atoms. The van der Waals surface area contributed by atoms with Crippen LogP contribution in [0.5, 0.6) is 0 Å². The van der Waals surface area contributed by atoms with Crippen LogP contribution in [0, 0.1) is 0 Å². The predicted octanol–water partition coefficient (Wildman–Crippen LogP) is 1.85. The third-order valence-electron chi connectivity index (χ3n) is 3.72. The lowest BCUT2D eigenvalue weighted by Gasteiger charge is -2.25. The minimum Gasteiger partial charge on any atom is -0.390 e. The topological polar surface area (TPSA) is 53.4 Å². The molecule has 4 nitrogen and oxygen atoms in total. The SMILES string of the molecule is CN(CCC1(O)CCCC1)C(=O)c1ccncc1. The van der Waals surface area contributed by atoms with Gasteiger partial charge in [-0.2, -0.15) is 0 Å². The van der Waals surface area contributed by atoms with Gasteiger partial charge < -0.3 is 10.0 Å². The van der Waals surface area contributed by atoms with Crippen molar-refractivity contribution >= 4 is 5.91 Å². The largest absolute Gasteiger partial charge is 0.390 e. The zero-order valence-electron chi connectivity index (χ0n) is 10.8. The second-order valence-corrected chi connectivity index (χ2v) is 5.14. The van der Waals surface area contributed by atoms with E-state index >= 15 is 0 Å². The maximum absolute atomic E-state index is 12.1. The Kier molecular flexibility index (Phi) is 3.97. The predicted molar refractivity (Wildman–Crippen MR) is 69.2 cm³/mol. The number of amides is 1. The van der Waals surface area contributed by atoms with Crippen molar-refractivity contribution in [2.75, 3.05) is 13.6 Å². The Morgan fingerprint density at radius 2 is 2.00 bits per heavy atom. The number of pyridine rings is 1. The van der Waals surface area contributed by atoms with E-state index in [9.17, 15) is 9.90 Å². The van der Waals surface area contributed by atoms with E-state index in [1.807, 2.05) is 0 Å². The van der Waals surface area contributed by atoms with Gasteiger partial charge in [0.05, 0.1) is 5.60 Å². The smallest absolute Gasteiger partial charge is 0.253 e. The van der Waals surface area contributed by atoms with Crippen molar-refractivity contribution in [1.82, 2.24) is 9.88 Å². The second kappa shape index (κ2) is 5.48. The summed E-state index contributed by atoms with van der Waals surface area (Å²) in [6.07, 6.45) is 7.82. The molecule has 1 saturated carbocycles. The molecule has 1 aromatic rings. The fourth-order valence-electron chi connectivity index (χ4n) is 2.48. The summed E-state index contributed by atoms with van der Waals surface area (Å²) in [5.41, 5.74) is 0.0955. The first-order chi connectivity index (χ1) is 8.61. The van der Waals surface area contributed by atoms with Crippen molar-refractivity contribution in [3.05, 3.63) is 30.1 Å². The highest BCUT2D eigenvalue weighted by atomic mass is 16.3. The molecule has 0 saturated heterocycles. The monoisotopic (exact) mass is 248 g/mol. The molecule has 2 rings (SSSR count). The molecule has 1 aromatic heterocycles. The Morgan fingerprint density at radius 1 is 1.39 bits per heavy atom. The summed E-state index contributed by atoms with van der Waals surface area (Å²) in [6.45, 7) is 0.595. The molecule has 0 radical (unpaired) electrons. The molecule has 1 aliphatic rings. The third kappa shape index (κ3) is 3.07. The Labute approximate surface area is 108 Å². The summed E-state index contributed by atoms with van der Waals surface area (Å²) in [5.74, 6) is -0.0148. The highest BCUT2D eigenvalue weighted by molar-refractivity contribution is 5.93. The molecule has 1 aliphatic carbocycles. The van der Waals surface area contributed by atoms with Crippen molar-refractivity contribution in [3.8, 4) is 0 Å². The Hall–Kier alpha value is -1.42. The van der Waals surface area contributed by atoms with E-state index in [1.165, 1.54) is 0 Å². The summed E-state index contributed by atoms with van der Waals surface area (Å²) in [4.78, 5) is 17.6. The van der Waals surface area contributed by atoms with E-state index in [2.05, 4.69) is 4.98 Å². The van der Waals surface area contributed by atoms with E-state index < -0.39 is 5.60 Å². The van der Waals surface area contributed by atoms with Crippen LogP contribution in [0.3, 0.4) is 0 Å². The lowest BCUT2D eigenvalue weighted by atomic mass is 9.98. The van der Waals surface area contributed by atoms with Crippen molar-refractivity contribution < 1.29 is 9.90 Å². The van der Waals surface area contributed by atoms with Crippen LogP contribution >= 0.6 is 0 Å². The highest BCUT2D eigenvalue weighted by Crippen LogP contribution is 2.32. The van der Waals surface area contributed by atoms with Crippen LogP contribution in [0.1, 0.15) is 42.5 Å². The zero-order valence-corrected chi connectivity index (χ0v) is 10.8. The maximum Gasteiger partial charge on any atom is 0.253 e. The number of aliphatic hydroxyl groups is 1. The Bertz CT molecular complexity index is 400. The fourth-order valence-corrected chi connectivity index (χ4v) is 2.48. The van der Waals surface area contributed by atoms with E-state index in [0.717, 1.165) is 25.7 Å². The third-order valence-corrected chi connectivity index (χ3v) is 3.72. The van der Waals surface area contributed by atoms with E-state index in [4.69, 9.17) is 0 Å². The van der Waals surface area contributed by atoms with Crippen LogP contribution in [0.25, 0.3) is 0 Å². The molecule has 4 heteroatoms. The van der Waals surface area contributed by atoms with Crippen molar-refractivity contribution in [3.63, 3.8) is 0 Å². The molecule has 0 bridgehead atoms. The fraction of sp³-hybridized carbons (Fsp3) is 0.571. The van der Waals surface area contributed by atoms with Gasteiger partial charge in [-0.25, -0.2) is 0 Å². The van der Waals surface area contributed by atoms with Crippen LogP contribution in [0.2, 0.25) is 0 Å². The van der Waals surface area contributed by atoms with E-state index in [0.29, 0.717) is 18.5 Å². The normalized spacial score (nSPS) is 17.7. The van der Waals surface area contributed by atoms with Crippen LogP contribution in [0.15, 0.2) is 24.5 Å². The zero-order chi connectivity index (χ0) is 13.0. The van der Waals surface area contributed by atoms with Crippen LogP contribution < -0.4 is 0 Å². The molecular formula is C14H20N2O2. The van der Waals surface area contributed by atoms with Crippen molar-refractivity contribution in [1.29, 1.82) is 0 Å². The highest BCUT2D eigenvalue weighted by Gasteiger charge is 2.31.